The number of nitrogens with zero attached hydrogens (tertiary/aromatic N) is 3. The molecule has 8 heteroatoms. The summed E-state index contributed by atoms with van der Waals surface area (Å²) in [7, 11) is 0. The quantitative estimate of drug-likeness (QED) is 0.641. The lowest BCUT2D eigenvalue weighted by atomic mass is 9.96. The van der Waals surface area contributed by atoms with Crippen molar-refractivity contribution in [3.8, 4) is 10.8 Å². The van der Waals surface area contributed by atoms with Gasteiger partial charge in [0.25, 0.3) is 5.89 Å². The Morgan fingerprint density at radius 1 is 1.24 bits per heavy atom. The first-order valence-electron chi connectivity index (χ1n) is 9.79. The first kappa shape index (κ1) is 19.7. The lowest BCUT2D eigenvalue weighted by Gasteiger charge is -2.30. The topological polar surface area (TPSA) is 71.3 Å². The van der Waals surface area contributed by atoms with Crippen LogP contribution in [0.15, 0.2) is 46.3 Å². The van der Waals surface area contributed by atoms with E-state index in [2.05, 4.69) is 20.4 Å². The molecule has 1 saturated heterocycles. The smallest absolute Gasteiger partial charge is 0.268 e. The second-order valence-corrected chi connectivity index (χ2v) is 8.12. The van der Waals surface area contributed by atoms with Crippen molar-refractivity contribution in [2.24, 2.45) is 5.92 Å². The molecule has 0 radical (unpaired) electrons. The third-order valence-corrected chi connectivity index (χ3v) is 6.03. The van der Waals surface area contributed by atoms with E-state index in [1.807, 2.05) is 23.6 Å². The van der Waals surface area contributed by atoms with E-state index >= 15 is 0 Å². The summed E-state index contributed by atoms with van der Waals surface area (Å²) in [6, 6.07) is 10.6. The SMILES string of the molecule is O=C(NCCc1ccccc1F)C1CCN(Cc2noc(-c3cccs3)n2)CC1. The Balaban J connectivity index is 1.20. The van der Waals surface area contributed by atoms with Gasteiger partial charge in [-0.1, -0.05) is 29.4 Å². The fraction of sp³-hybridized carbons (Fsp3) is 0.381. The molecule has 152 valence electrons. The van der Waals surface area contributed by atoms with E-state index < -0.39 is 0 Å². The molecular formula is C21H23FN4O2S. The minimum absolute atomic E-state index is 0.00109. The number of thiophene rings is 1. The predicted molar refractivity (Wildman–Crippen MR) is 109 cm³/mol. The van der Waals surface area contributed by atoms with Gasteiger partial charge in [-0.05, 0) is 55.4 Å². The number of piperidine rings is 1. The van der Waals surface area contributed by atoms with Gasteiger partial charge in [-0.2, -0.15) is 4.98 Å². The average molecular weight is 415 g/mol. The number of rotatable bonds is 7. The van der Waals surface area contributed by atoms with Crippen molar-refractivity contribution in [3.05, 3.63) is 59.0 Å². The fourth-order valence-electron chi connectivity index (χ4n) is 3.54. The summed E-state index contributed by atoms with van der Waals surface area (Å²) in [5, 5.41) is 8.99. The highest BCUT2D eigenvalue weighted by atomic mass is 32.1. The third kappa shape index (κ3) is 5.07. The maximum Gasteiger partial charge on any atom is 0.268 e. The van der Waals surface area contributed by atoms with Gasteiger partial charge < -0.3 is 9.84 Å². The number of carbonyl (C=O) groups excluding carboxylic acids is 1. The number of nitrogens with one attached hydrogen (secondary N) is 1. The molecule has 29 heavy (non-hydrogen) atoms. The molecule has 0 spiro atoms. The van der Waals surface area contributed by atoms with Gasteiger partial charge >= 0.3 is 0 Å². The second kappa shape index (κ2) is 9.28. The van der Waals surface area contributed by atoms with Gasteiger partial charge in [0.1, 0.15) is 5.82 Å². The summed E-state index contributed by atoms with van der Waals surface area (Å²) in [4.78, 5) is 20.1. The van der Waals surface area contributed by atoms with Crippen LogP contribution < -0.4 is 5.32 Å². The summed E-state index contributed by atoms with van der Waals surface area (Å²) in [5.41, 5.74) is 0.629. The van der Waals surface area contributed by atoms with Gasteiger partial charge in [0, 0.05) is 12.5 Å². The Bertz CT molecular complexity index is 936. The molecular weight excluding hydrogens is 391 g/mol. The van der Waals surface area contributed by atoms with Gasteiger partial charge in [0.2, 0.25) is 5.91 Å². The zero-order chi connectivity index (χ0) is 20.1. The van der Waals surface area contributed by atoms with Crippen LogP contribution in [0.3, 0.4) is 0 Å². The standard InChI is InChI=1S/C21H23FN4O2S/c22-17-5-2-1-4-15(17)7-10-23-20(27)16-8-11-26(12-9-16)14-19-24-21(28-25-19)18-6-3-13-29-18/h1-6,13,16H,7-12,14H2,(H,23,27). The summed E-state index contributed by atoms with van der Waals surface area (Å²) in [6.45, 7) is 2.70. The highest BCUT2D eigenvalue weighted by Crippen LogP contribution is 2.23. The van der Waals surface area contributed by atoms with Crippen molar-refractivity contribution in [1.82, 2.24) is 20.4 Å². The molecule has 3 heterocycles. The van der Waals surface area contributed by atoms with Crippen molar-refractivity contribution in [2.45, 2.75) is 25.8 Å². The largest absolute Gasteiger partial charge is 0.356 e. The summed E-state index contributed by atoms with van der Waals surface area (Å²) in [5.74, 6) is 1.05. The molecule has 1 aliphatic heterocycles. The average Bonchev–Trinajstić information content (AvgIpc) is 3.42. The number of aromatic nitrogens is 2. The molecule has 1 amide bonds. The minimum Gasteiger partial charge on any atom is -0.356 e. The second-order valence-electron chi connectivity index (χ2n) is 7.18. The monoisotopic (exact) mass is 414 g/mol. The number of likely N-dealkylation sites (tertiary alicyclic amines) is 1. The molecule has 0 unspecified atom stereocenters. The normalized spacial score (nSPS) is 15.5. The van der Waals surface area contributed by atoms with Gasteiger partial charge in [-0.3, -0.25) is 9.69 Å². The minimum atomic E-state index is -0.223. The number of hydrogen-bond acceptors (Lipinski definition) is 6. The van der Waals surface area contributed by atoms with Crippen molar-refractivity contribution in [2.75, 3.05) is 19.6 Å². The molecule has 4 rings (SSSR count). The maximum absolute atomic E-state index is 13.6. The van der Waals surface area contributed by atoms with Gasteiger partial charge in [0.15, 0.2) is 5.82 Å². The number of carbonyl (C=O) groups is 1. The Labute approximate surface area is 172 Å². The van der Waals surface area contributed by atoms with Gasteiger partial charge in [-0.25, -0.2) is 4.39 Å². The molecule has 1 aromatic carbocycles. The van der Waals surface area contributed by atoms with Crippen LogP contribution in [-0.2, 0) is 17.8 Å². The predicted octanol–water partition coefficient (Wildman–Crippen LogP) is 3.51. The molecule has 6 nitrogen and oxygen atoms in total. The number of amides is 1. The van der Waals surface area contributed by atoms with Crippen molar-refractivity contribution >= 4 is 17.2 Å². The van der Waals surface area contributed by atoms with Crippen LogP contribution in [0.1, 0.15) is 24.2 Å². The Morgan fingerprint density at radius 2 is 2.07 bits per heavy atom. The van der Waals surface area contributed by atoms with Crippen LogP contribution in [0.25, 0.3) is 10.8 Å². The van der Waals surface area contributed by atoms with Crippen LogP contribution in [0, 0.1) is 11.7 Å². The summed E-state index contributed by atoms with van der Waals surface area (Å²) in [6.07, 6.45) is 2.09. The molecule has 1 fully saturated rings. The highest BCUT2D eigenvalue weighted by Gasteiger charge is 2.25. The third-order valence-electron chi connectivity index (χ3n) is 5.17. The first-order valence-corrected chi connectivity index (χ1v) is 10.7. The van der Waals surface area contributed by atoms with E-state index in [4.69, 9.17) is 4.52 Å². The summed E-state index contributed by atoms with van der Waals surface area (Å²) < 4.78 is 19.0. The van der Waals surface area contributed by atoms with Crippen LogP contribution >= 0.6 is 11.3 Å². The van der Waals surface area contributed by atoms with E-state index in [0.717, 1.165) is 30.8 Å². The Hall–Kier alpha value is -2.58. The van der Waals surface area contributed by atoms with E-state index in [-0.39, 0.29) is 17.6 Å². The summed E-state index contributed by atoms with van der Waals surface area (Å²) >= 11 is 1.57. The van der Waals surface area contributed by atoms with Crippen molar-refractivity contribution < 1.29 is 13.7 Å². The van der Waals surface area contributed by atoms with Crippen LogP contribution in [0.5, 0.6) is 0 Å². The Kier molecular flexibility index (Phi) is 6.31. The molecule has 0 saturated carbocycles. The van der Waals surface area contributed by atoms with E-state index in [1.54, 1.807) is 23.5 Å². The molecule has 2 aromatic heterocycles. The van der Waals surface area contributed by atoms with Gasteiger partial charge in [0.05, 0.1) is 11.4 Å². The van der Waals surface area contributed by atoms with Gasteiger partial charge in [-0.15, -0.1) is 11.3 Å². The number of halogens is 1. The van der Waals surface area contributed by atoms with Crippen LogP contribution in [0.4, 0.5) is 4.39 Å². The van der Waals surface area contributed by atoms with Crippen molar-refractivity contribution in [1.29, 1.82) is 0 Å². The van der Waals surface area contributed by atoms with Crippen LogP contribution in [0.2, 0.25) is 0 Å². The molecule has 3 aromatic rings. The molecule has 1 aliphatic rings. The highest BCUT2D eigenvalue weighted by molar-refractivity contribution is 7.13. The lowest BCUT2D eigenvalue weighted by Crippen LogP contribution is -2.40. The molecule has 0 aliphatic carbocycles. The van der Waals surface area contributed by atoms with Crippen molar-refractivity contribution in [3.63, 3.8) is 0 Å². The first-order chi connectivity index (χ1) is 14.2. The number of benzene rings is 1. The van der Waals surface area contributed by atoms with Crippen LogP contribution in [-0.4, -0.2) is 40.6 Å². The number of hydrogen-bond donors (Lipinski definition) is 1. The molecule has 0 atom stereocenters. The van der Waals surface area contributed by atoms with E-state index in [1.165, 1.54) is 6.07 Å². The molecule has 1 N–H and O–H groups in total. The lowest BCUT2D eigenvalue weighted by molar-refractivity contribution is -0.126. The zero-order valence-electron chi connectivity index (χ0n) is 16.0. The Morgan fingerprint density at radius 3 is 2.83 bits per heavy atom. The zero-order valence-corrected chi connectivity index (χ0v) is 16.8. The van der Waals surface area contributed by atoms with E-state index in [9.17, 15) is 9.18 Å². The maximum atomic E-state index is 13.6. The van der Waals surface area contributed by atoms with E-state index in [0.29, 0.717) is 36.8 Å². The molecule has 0 bridgehead atoms. The fourth-order valence-corrected chi connectivity index (χ4v) is 4.18.